The molecule has 0 bridgehead atoms. The second kappa shape index (κ2) is 4.20. The van der Waals surface area contributed by atoms with Crippen molar-refractivity contribution < 1.29 is 9.31 Å². The van der Waals surface area contributed by atoms with Gasteiger partial charge in [0.15, 0.2) is 0 Å². The Bertz CT molecular complexity index is 335. The van der Waals surface area contributed by atoms with Gasteiger partial charge in [0.2, 0.25) is 0 Å². The third-order valence-corrected chi connectivity index (χ3v) is 3.32. The van der Waals surface area contributed by atoms with E-state index >= 15 is 0 Å². The van der Waals surface area contributed by atoms with E-state index in [0.717, 1.165) is 5.46 Å². The van der Waals surface area contributed by atoms with E-state index < -0.39 is 0 Å². The lowest BCUT2D eigenvalue weighted by Crippen LogP contribution is -2.41. The van der Waals surface area contributed by atoms with E-state index in [4.69, 9.17) is 9.31 Å². The Morgan fingerprint density at radius 3 is 1.75 bits per heavy atom. The fourth-order valence-electron chi connectivity index (χ4n) is 1.59. The highest BCUT2D eigenvalue weighted by Crippen LogP contribution is 2.36. The summed E-state index contributed by atoms with van der Waals surface area (Å²) < 4.78 is 11.9. The molecule has 3 N–H and O–H groups in total. The summed E-state index contributed by atoms with van der Waals surface area (Å²) in [6.45, 7) is 8.26. The van der Waals surface area contributed by atoms with Crippen molar-refractivity contribution >= 4 is 12.6 Å². The van der Waals surface area contributed by atoms with Crippen molar-refractivity contribution in [2.24, 2.45) is 0 Å². The van der Waals surface area contributed by atoms with Crippen molar-refractivity contribution in [1.82, 2.24) is 6.15 Å². The lowest BCUT2D eigenvalue weighted by Gasteiger charge is -2.32. The van der Waals surface area contributed by atoms with Crippen molar-refractivity contribution in [3.05, 3.63) is 30.3 Å². The van der Waals surface area contributed by atoms with Gasteiger partial charge in [-0.15, -0.1) is 0 Å². The molecule has 1 aromatic rings. The largest absolute Gasteiger partial charge is 0.494 e. The van der Waals surface area contributed by atoms with Gasteiger partial charge in [-0.2, -0.15) is 0 Å². The van der Waals surface area contributed by atoms with E-state index in [1.807, 2.05) is 30.3 Å². The molecule has 1 aromatic carbocycles. The molecule has 1 aliphatic heterocycles. The predicted octanol–water partition coefficient (Wildman–Crippen LogP) is 2.15. The van der Waals surface area contributed by atoms with Crippen molar-refractivity contribution in [1.29, 1.82) is 0 Å². The van der Waals surface area contributed by atoms with Crippen LogP contribution in [0.4, 0.5) is 0 Å². The highest BCUT2D eigenvalue weighted by atomic mass is 16.7. The molecular formula is C12H20BNO2. The number of hydrogen-bond donors (Lipinski definition) is 1. The monoisotopic (exact) mass is 221 g/mol. The number of benzene rings is 1. The molecule has 3 nitrogen and oxygen atoms in total. The summed E-state index contributed by atoms with van der Waals surface area (Å²) >= 11 is 0. The Morgan fingerprint density at radius 1 is 0.875 bits per heavy atom. The fourth-order valence-corrected chi connectivity index (χ4v) is 1.59. The van der Waals surface area contributed by atoms with Crippen molar-refractivity contribution in [3.8, 4) is 0 Å². The van der Waals surface area contributed by atoms with Crippen LogP contribution in [-0.4, -0.2) is 18.3 Å². The summed E-state index contributed by atoms with van der Waals surface area (Å²) in [5.74, 6) is 0. The van der Waals surface area contributed by atoms with Crippen LogP contribution in [-0.2, 0) is 9.31 Å². The molecule has 4 heteroatoms. The first-order valence-corrected chi connectivity index (χ1v) is 5.33. The zero-order chi connectivity index (χ0) is 11.1. The minimum atomic E-state index is -0.256. The molecule has 1 fully saturated rings. The van der Waals surface area contributed by atoms with Gasteiger partial charge in [0.1, 0.15) is 0 Å². The van der Waals surface area contributed by atoms with Crippen molar-refractivity contribution in [2.45, 2.75) is 38.9 Å². The second-order valence-electron chi connectivity index (χ2n) is 5.00. The van der Waals surface area contributed by atoms with Gasteiger partial charge in [0.25, 0.3) is 0 Å². The van der Waals surface area contributed by atoms with E-state index in [1.54, 1.807) is 0 Å². The minimum absolute atomic E-state index is 0. The van der Waals surface area contributed by atoms with Gasteiger partial charge in [-0.25, -0.2) is 0 Å². The third-order valence-electron chi connectivity index (χ3n) is 3.32. The van der Waals surface area contributed by atoms with Crippen LogP contribution in [0.2, 0.25) is 0 Å². The lowest BCUT2D eigenvalue weighted by molar-refractivity contribution is 0.00578. The highest BCUT2D eigenvalue weighted by Gasteiger charge is 2.51. The van der Waals surface area contributed by atoms with E-state index in [1.165, 1.54) is 0 Å². The first kappa shape index (κ1) is 13.2. The van der Waals surface area contributed by atoms with E-state index in [2.05, 4.69) is 27.7 Å². The van der Waals surface area contributed by atoms with Gasteiger partial charge in [0.05, 0.1) is 11.2 Å². The molecule has 1 saturated heterocycles. The summed E-state index contributed by atoms with van der Waals surface area (Å²) in [6.07, 6.45) is 0. The molecule has 0 unspecified atom stereocenters. The summed E-state index contributed by atoms with van der Waals surface area (Å²) in [5.41, 5.74) is 0.567. The Balaban J connectivity index is 0.00000128. The van der Waals surface area contributed by atoms with Crippen LogP contribution in [0.1, 0.15) is 27.7 Å². The third kappa shape index (κ3) is 2.14. The quantitative estimate of drug-likeness (QED) is 0.739. The zero-order valence-electron chi connectivity index (χ0n) is 10.5. The minimum Gasteiger partial charge on any atom is -0.399 e. The molecule has 2 rings (SSSR count). The maximum Gasteiger partial charge on any atom is 0.494 e. The van der Waals surface area contributed by atoms with Crippen LogP contribution in [0.25, 0.3) is 0 Å². The molecule has 1 aliphatic rings. The average molecular weight is 221 g/mol. The first-order valence-electron chi connectivity index (χ1n) is 5.33. The van der Waals surface area contributed by atoms with Gasteiger partial charge < -0.3 is 15.5 Å². The molecule has 0 aliphatic carbocycles. The summed E-state index contributed by atoms with van der Waals surface area (Å²) in [4.78, 5) is 0. The molecule has 0 radical (unpaired) electrons. The van der Waals surface area contributed by atoms with E-state index in [0.29, 0.717) is 0 Å². The number of rotatable bonds is 1. The van der Waals surface area contributed by atoms with Gasteiger partial charge >= 0.3 is 7.12 Å². The van der Waals surface area contributed by atoms with E-state index in [-0.39, 0.29) is 24.5 Å². The van der Waals surface area contributed by atoms with Gasteiger partial charge in [-0.3, -0.25) is 0 Å². The van der Waals surface area contributed by atoms with Gasteiger partial charge in [0, 0.05) is 0 Å². The molecule has 88 valence electrons. The van der Waals surface area contributed by atoms with Gasteiger partial charge in [-0.05, 0) is 33.2 Å². The average Bonchev–Trinajstić information content (AvgIpc) is 2.38. The van der Waals surface area contributed by atoms with Crippen molar-refractivity contribution in [3.63, 3.8) is 0 Å². The highest BCUT2D eigenvalue weighted by molar-refractivity contribution is 6.62. The first-order chi connectivity index (χ1) is 6.92. The maximum absolute atomic E-state index is 5.93. The van der Waals surface area contributed by atoms with Crippen LogP contribution in [0.15, 0.2) is 30.3 Å². The molecule has 0 saturated carbocycles. The second-order valence-corrected chi connectivity index (χ2v) is 5.00. The molecule has 0 aromatic heterocycles. The maximum atomic E-state index is 5.93. The number of hydrogen-bond acceptors (Lipinski definition) is 3. The van der Waals surface area contributed by atoms with E-state index in [9.17, 15) is 0 Å². The zero-order valence-corrected chi connectivity index (χ0v) is 10.5. The van der Waals surface area contributed by atoms with Gasteiger partial charge in [-0.1, -0.05) is 30.3 Å². The molecular weight excluding hydrogens is 201 g/mol. The standard InChI is InChI=1S/C12H17BO2.H3N/c1-11(2)12(3,4)15-13(14-11)10-8-6-5-7-9-10;/h5-9H,1-4H3;1H3. The van der Waals surface area contributed by atoms with Crippen LogP contribution in [0.3, 0.4) is 0 Å². The van der Waals surface area contributed by atoms with Crippen molar-refractivity contribution in [2.75, 3.05) is 0 Å². The SMILES string of the molecule is CC1(C)OB(c2ccccc2)OC1(C)C.N. The Morgan fingerprint density at radius 2 is 1.31 bits per heavy atom. The van der Waals surface area contributed by atoms with Crippen LogP contribution >= 0.6 is 0 Å². The topological polar surface area (TPSA) is 53.5 Å². The van der Waals surface area contributed by atoms with Crippen LogP contribution < -0.4 is 11.6 Å². The lowest BCUT2D eigenvalue weighted by atomic mass is 9.79. The fraction of sp³-hybridized carbons (Fsp3) is 0.500. The summed E-state index contributed by atoms with van der Waals surface area (Å²) in [7, 11) is -0.240. The Hall–Kier alpha value is -0.835. The Labute approximate surface area is 97.9 Å². The molecule has 0 atom stereocenters. The summed E-state index contributed by atoms with van der Waals surface area (Å²) in [6, 6.07) is 10.1. The molecule has 16 heavy (non-hydrogen) atoms. The smallest absolute Gasteiger partial charge is 0.399 e. The molecule has 0 amide bonds. The van der Waals surface area contributed by atoms with Crippen LogP contribution in [0.5, 0.6) is 0 Å². The predicted molar refractivity (Wildman–Crippen MR) is 67.2 cm³/mol. The summed E-state index contributed by atoms with van der Waals surface area (Å²) in [5, 5.41) is 0. The molecule has 0 spiro atoms. The normalized spacial score (nSPS) is 21.6. The van der Waals surface area contributed by atoms with Crippen LogP contribution in [0, 0.1) is 0 Å². The Kier molecular flexibility index (Phi) is 3.48. The molecule has 1 heterocycles.